The molecule has 0 amide bonds. The summed E-state index contributed by atoms with van der Waals surface area (Å²) in [5.41, 5.74) is 0. The number of aliphatic hydroxyl groups excluding tert-OH is 1. The molecule has 1 saturated carbocycles. The van der Waals surface area contributed by atoms with E-state index in [9.17, 15) is 19.5 Å². The highest BCUT2D eigenvalue weighted by Crippen LogP contribution is 2.33. The molecule has 29 heavy (non-hydrogen) atoms. The molecule has 1 aliphatic rings. The Hall–Kier alpha value is -1.75. The quantitative estimate of drug-likeness (QED) is 0.260. The maximum atomic E-state index is 12.2. The Morgan fingerprint density at radius 3 is 2.69 bits per heavy atom. The predicted molar refractivity (Wildman–Crippen MR) is 114 cm³/mol. The summed E-state index contributed by atoms with van der Waals surface area (Å²) in [7, 11) is 0. The zero-order chi connectivity index (χ0) is 21.6. The van der Waals surface area contributed by atoms with Crippen LogP contribution in [0.25, 0.3) is 0 Å². The molecule has 4 atom stereocenters. The van der Waals surface area contributed by atoms with Crippen molar-refractivity contribution in [3.05, 3.63) is 24.3 Å². The van der Waals surface area contributed by atoms with Crippen LogP contribution in [0.3, 0.4) is 0 Å². The smallest absolute Gasteiger partial charge is 0.342 e. The van der Waals surface area contributed by atoms with Crippen molar-refractivity contribution >= 4 is 17.5 Å². The van der Waals surface area contributed by atoms with Crippen LogP contribution in [0.5, 0.6) is 0 Å². The molecule has 5 nitrogen and oxygen atoms in total. The largest absolute Gasteiger partial charge is 0.464 e. The minimum Gasteiger partial charge on any atom is -0.464 e. The van der Waals surface area contributed by atoms with Crippen LogP contribution in [-0.4, -0.2) is 35.4 Å². The molecular weight excluding hydrogens is 368 g/mol. The first-order valence-corrected chi connectivity index (χ1v) is 11.1. The van der Waals surface area contributed by atoms with Crippen molar-refractivity contribution in [1.82, 2.24) is 0 Å². The first-order valence-electron chi connectivity index (χ1n) is 11.1. The van der Waals surface area contributed by atoms with Gasteiger partial charge in [0.2, 0.25) is 6.10 Å². The summed E-state index contributed by atoms with van der Waals surface area (Å²) in [6.45, 7) is 6.24. The average Bonchev–Trinajstić information content (AvgIpc) is 3.05. The van der Waals surface area contributed by atoms with Gasteiger partial charge in [-0.15, -0.1) is 0 Å². The number of ether oxygens (including phenoxy) is 1. The molecule has 0 radical (unpaired) electrons. The van der Waals surface area contributed by atoms with Gasteiger partial charge in [-0.2, -0.15) is 0 Å². The molecule has 164 valence electrons. The number of Topliss-reactive ketones (excluding diaryl/α,β-unsaturated/α-hetero) is 2. The third-order valence-corrected chi connectivity index (χ3v) is 5.56. The van der Waals surface area contributed by atoms with Crippen LogP contribution in [0.2, 0.25) is 0 Å². The van der Waals surface area contributed by atoms with Crippen LogP contribution in [0.4, 0.5) is 0 Å². The van der Waals surface area contributed by atoms with Gasteiger partial charge in [0.15, 0.2) is 5.78 Å². The fraction of sp³-hybridized carbons (Fsp3) is 0.708. The van der Waals surface area contributed by atoms with Gasteiger partial charge < -0.3 is 9.84 Å². The molecule has 1 unspecified atom stereocenters. The van der Waals surface area contributed by atoms with E-state index in [-0.39, 0.29) is 18.9 Å². The van der Waals surface area contributed by atoms with E-state index < -0.39 is 17.9 Å². The maximum absolute atomic E-state index is 12.2. The maximum Gasteiger partial charge on any atom is 0.342 e. The van der Waals surface area contributed by atoms with E-state index in [2.05, 4.69) is 30.7 Å². The minimum atomic E-state index is -1.70. The van der Waals surface area contributed by atoms with Crippen molar-refractivity contribution in [2.45, 2.75) is 84.7 Å². The highest BCUT2D eigenvalue weighted by atomic mass is 16.5. The summed E-state index contributed by atoms with van der Waals surface area (Å²) < 4.78 is 4.64. The topological polar surface area (TPSA) is 80.7 Å². The van der Waals surface area contributed by atoms with Crippen molar-refractivity contribution in [2.75, 3.05) is 6.61 Å². The summed E-state index contributed by atoms with van der Waals surface area (Å²) in [5.74, 6) is -0.104. The standard InChI is InChI=1S/C24H38O5/c1-4-6-11-18(3)12-10-13-19-16-17-21(25)20(19)14-8-7-9-15-22(26)23(27)24(28)29-5-2/h7-8,10,13,18-20,23,27H,4-6,9,11-12,14-17H2,1-3H3/t18-,19+,20-,23?/m1/s1. The molecule has 0 bridgehead atoms. The van der Waals surface area contributed by atoms with Gasteiger partial charge in [-0.05, 0) is 44.4 Å². The third-order valence-electron chi connectivity index (χ3n) is 5.56. The molecule has 1 fully saturated rings. The van der Waals surface area contributed by atoms with Crippen molar-refractivity contribution in [1.29, 1.82) is 0 Å². The number of hydrogen-bond acceptors (Lipinski definition) is 5. The molecule has 1 rings (SSSR count). The molecule has 0 heterocycles. The first kappa shape index (κ1) is 25.3. The van der Waals surface area contributed by atoms with E-state index in [4.69, 9.17) is 0 Å². The van der Waals surface area contributed by atoms with Gasteiger partial charge in [0, 0.05) is 18.8 Å². The Morgan fingerprint density at radius 1 is 1.24 bits per heavy atom. The summed E-state index contributed by atoms with van der Waals surface area (Å²) in [4.78, 5) is 35.3. The van der Waals surface area contributed by atoms with Crippen LogP contribution in [0.15, 0.2) is 24.3 Å². The lowest BCUT2D eigenvalue weighted by atomic mass is 9.90. The Morgan fingerprint density at radius 2 is 2.00 bits per heavy atom. The van der Waals surface area contributed by atoms with Crippen LogP contribution >= 0.6 is 0 Å². The molecule has 1 aliphatic carbocycles. The van der Waals surface area contributed by atoms with Gasteiger partial charge in [-0.1, -0.05) is 57.4 Å². The van der Waals surface area contributed by atoms with Crippen molar-refractivity contribution < 1.29 is 24.2 Å². The van der Waals surface area contributed by atoms with Gasteiger partial charge in [-0.3, -0.25) is 9.59 Å². The second kappa shape index (κ2) is 14.3. The lowest BCUT2D eigenvalue weighted by molar-refractivity contribution is -0.157. The van der Waals surface area contributed by atoms with E-state index in [1.807, 2.05) is 12.2 Å². The van der Waals surface area contributed by atoms with E-state index >= 15 is 0 Å². The molecule has 1 N–H and O–H groups in total. The Kier molecular flexibility index (Phi) is 12.4. The van der Waals surface area contributed by atoms with Crippen molar-refractivity contribution in [3.63, 3.8) is 0 Å². The second-order valence-corrected chi connectivity index (χ2v) is 8.05. The van der Waals surface area contributed by atoms with E-state index in [0.717, 1.165) is 12.8 Å². The Balaban J connectivity index is 2.39. The molecular formula is C24H38O5. The number of allylic oxidation sites excluding steroid dienone is 4. The van der Waals surface area contributed by atoms with Gasteiger partial charge in [0.05, 0.1) is 6.61 Å². The van der Waals surface area contributed by atoms with E-state index in [0.29, 0.717) is 36.9 Å². The number of ketones is 2. The summed E-state index contributed by atoms with van der Waals surface area (Å²) >= 11 is 0. The molecule has 0 aromatic heterocycles. The average molecular weight is 407 g/mol. The highest BCUT2D eigenvalue weighted by molar-refractivity contribution is 6.01. The number of aliphatic hydroxyl groups is 1. The SMILES string of the molecule is CCCC[C@@H](C)CC=C[C@H]1CCC(=O)[C@@H]1CC=CCCC(=O)C(O)C(=O)OCC. The van der Waals surface area contributed by atoms with Crippen LogP contribution in [-0.2, 0) is 19.1 Å². The first-order chi connectivity index (χ1) is 13.9. The molecule has 0 aromatic rings. The summed E-state index contributed by atoms with van der Waals surface area (Å²) in [6.07, 6.45) is 14.1. The molecule has 0 aromatic carbocycles. The summed E-state index contributed by atoms with van der Waals surface area (Å²) in [6, 6.07) is 0. The number of carbonyl (C=O) groups is 3. The zero-order valence-corrected chi connectivity index (χ0v) is 18.3. The van der Waals surface area contributed by atoms with Gasteiger partial charge in [-0.25, -0.2) is 4.79 Å². The Labute approximate surface area is 175 Å². The summed E-state index contributed by atoms with van der Waals surface area (Å²) in [5, 5.41) is 9.58. The highest BCUT2D eigenvalue weighted by Gasteiger charge is 2.31. The monoisotopic (exact) mass is 406 g/mol. The fourth-order valence-electron chi connectivity index (χ4n) is 3.70. The zero-order valence-electron chi connectivity index (χ0n) is 18.3. The molecule has 0 saturated heterocycles. The normalized spacial score (nSPS) is 21.7. The van der Waals surface area contributed by atoms with Crippen LogP contribution < -0.4 is 0 Å². The minimum absolute atomic E-state index is 0.0225. The fourth-order valence-corrected chi connectivity index (χ4v) is 3.70. The van der Waals surface area contributed by atoms with Crippen molar-refractivity contribution in [2.24, 2.45) is 17.8 Å². The Bertz CT molecular complexity index is 578. The number of carbonyl (C=O) groups excluding carboxylic acids is 3. The molecule has 0 aliphatic heterocycles. The number of unbranched alkanes of at least 4 members (excludes halogenated alkanes) is 1. The van der Waals surface area contributed by atoms with Gasteiger partial charge >= 0.3 is 5.97 Å². The molecule has 0 spiro atoms. The number of hydrogen-bond donors (Lipinski definition) is 1. The third kappa shape index (κ3) is 9.53. The van der Waals surface area contributed by atoms with E-state index in [1.165, 1.54) is 19.3 Å². The second-order valence-electron chi connectivity index (χ2n) is 8.05. The molecule has 5 heteroatoms. The number of esters is 1. The van der Waals surface area contributed by atoms with Crippen LogP contribution in [0, 0.1) is 17.8 Å². The van der Waals surface area contributed by atoms with Crippen molar-refractivity contribution in [3.8, 4) is 0 Å². The van der Waals surface area contributed by atoms with Gasteiger partial charge in [0.1, 0.15) is 5.78 Å². The predicted octanol–water partition coefficient (Wildman–Crippen LogP) is 4.57. The van der Waals surface area contributed by atoms with E-state index in [1.54, 1.807) is 6.92 Å². The lowest BCUT2D eigenvalue weighted by Crippen LogP contribution is -2.31. The van der Waals surface area contributed by atoms with Gasteiger partial charge in [0.25, 0.3) is 0 Å². The number of rotatable bonds is 14. The van der Waals surface area contributed by atoms with Crippen LogP contribution in [0.1, 0.15) is 78.6 Å². The lowest BCUT2D eigenvalue weighted by Gasteiger charge is -2.13.